The van der Waals surface area contributed by atoms with E-state index in [9.17, 15) is 9.59 Å². The second kappa shape index (κ2) is 10.3. The number of imide groups is 1. The van der Waals surface area contributed by atoms with Gasteiger partial charge in [-0.2, -0.15) is 0 Å². The van der Waals surface area contributed by atoms with Gasteiger partial charge < -0.3 is 9.47 Å². The van der Waals surface area contributed by atoms with Gasteiger partial charge in [0.1, 0.15) is 0 Å². The van der Waals surface area contributed by atoms with Gasteiger partial charge in [-0.1, -0.05) is 41.9 Å². The maximum atomic E-state index is 12.7. The van der Waals surface area contributed by atoms with Gasteiger partial charge in [0.15, 0.2) is 11.5 Å². The third-order valence-corrected chi connectivity index (χ3v) is 7.40. The summed E-state index contributed by atoms with van der Waals surface area (Å²) in [5, 5.41) is 0.455. The van der Waals surface area contributed by atoms with E-state index in [1.807, 2.05) is 24.3 Å². The number of amides is 2. The van der Waals surface area contributed by atoms with E-state index >= 15 is 0 Å². The van der Waals surface area contributed by atoms with Crippen LogP contribution < -0.4 is 9.47 Å². The lowest BCUT2D eigenvalue weighted by atomic mass is 9.89. The van der Waals surface area contributed by atoms with Crippen molar-refractivity contribution in [2.24, 2.45) is 0 Å². The van der Waals surface area contributed by atoms with Crippen molar-refractivity contribution in [3.05, 3.63) is 93.5 Å². The number of piperidine rings is 1. The standard InChI is InChI=1S/C29H29ClN2O4/c1-35-26-10-5-20(15-27(26)36-2)17-31-13-11-22(12-14-31)21-6-3-19(4-7-21)18-32-28(33)24-9-8-23(30)16-25(24)29(32)34/h3-10,15-16,22H,11-14,17-18H2,1-2H3. The molecule has 3 aromatic rings. The number of carbonyl (C=O) groups excluding carboxylic acids is 2. The van der Waals surface area contributed by atoms with E-state index in [-0.39, 0.29) is 18.4 Å². The topological polar surface area (TPSA) is 59.1 Å². The molecule has 2 amide bonds. The molecule has 0 unspecified atom stereocenters. The second-order valence-corrected chi connectivity index (χ2v) is 9.80. The Labute approximate surface area is 216 Å². The monoisotopic (exact) mass is 504 g/mol. The number of methoxy groups -OCH3 is 2. The quantitative estimate of drug-likeness (QED) is 0.396. The molecule has 0 aromatic heterocycles. The Morgan fingerprint density at radius 1 is 0.778 bits per heavy atom. The summed E-state index contributed by atoms with van der Waals surface area (Å²) in [6, 6.07) is 19.3. The Hall–Kier alpha value is -3.35. The molecule has 36 heavy (non-hydrogen) atoms. The molecule has 0 atom stereocenters. The molecule has 1 fully saturated rings. The molecule has 0 bridgehead atoms. The molecule has 0 aliphatic carbocycles. The molecule has 2 aliphatic heterocycles. The Morgan fingerprint density at radius 3 is 2.14 bits per heavy atom. The smallest absolute Gasteiger partial charge is 0.261 e. The number of likely N-dealkylation sites (tertiary alicyclic amines) is 1. The van der Waals surface area contributed by atoms with Crippen LogP contribution in [0.3, 0.4) is 0 Å². The van der Waals surface area contributed by atoms with Crippen LogP contribution >= 0.6 is 11.6 Å². The predicted molar refractivity (Wildman–Crippen MR) is 139 cm³/mol. The van der Waals surface area contributed by atoms with E-state index in [1.165, 1.54) is 16.0 Å². The van der Waals surface area contributed by atoms with Gasteiger partial charge in [-0.25, -0.2) is 0 Å². The minimum Gasteiger partial charge on any atom is -0.493 e. The van der Waals surface area contributed by atoms with E-state index in [1.54, 1.807) is 32.4 Å². The Morgan fingerprint density at radius 2 is 1.44 bits per heavy atom. The number of hydrogen-bond acceptors (Lipinski definition) is 5. The average Bonchev–Trinajstić information content (AvgIpc) is 3.13. The fraction of sp³-hybridized carbons (Fsp3) is 0.310. The summed E-state index contributed by atoms with van der Waals surface area (Å²) in [4.78, 5) is 29.2. The number of rotatable bonds is 7. The minimum atomic E-state index is -0.288. The van der Waals surface area contributed by atoms with Gasteiger partial charge in [0.2, 0.25) is 0 Å². The van der Waals surface area contributed by atoms with Crippen molar-refractivity contribution in [2.75, 3.05) is 27.3 Å². The molecule has 5 rings (SSSR count). The molecule has 1 saturated heterocycles. The first-order valence-electron chi connectivity index (χ1n) is 12.1. The van der Waals surface area contributed by atoms with Crippen molar-refractivity contribution in [1.82, 2.24) is 9.80 Å². The molecule has 186 valence electrons. The van der Waals surface area contributed by atoms with Crippen LogP contribution in [-0.4, -0.2) is 48.9 Å². The number of nitrogens with zero attached hydrogens (tertiary/aromatic N) is 2. The van der Waals surface area contributed by atoms with E-state index in [0.29, 0.717) is 22.1 Å². The molecule has 0 N–H and O–H groups in total. The first-order valence-corrected chi connectivity index (χ1v) is 12.5. The lowest BCUT2D eigenvalue weighted by Gasteiger charge is -2.32. The third kappa shape index (κ3) is 4.84. The average molecular weight is 505 g/mol. The summed E-state index contributed by atoms with van der Waals surface area (Å²) < 4.78 is 10.8. The number of halogens is 1. The van der Waals surface area contributed by atoms with Gasteiger partial charge in [0.25, 0.3) is 11.8 Å². The first kappa shape index (κ1) is 24.3. The molecule has 2 heterocycles. The SMILES string of the molecule is COc1ccc(CN2CCC(c3ccc(CN4C(=O)c5ccc(Cl)cc5C4=O)cc3)CC2)cc1OC. The van der Waals surface area contributed by atoms with Crippen LogP contribution in [0.25, 0.3) is 0 Å². The lowest BCUT2D eigenvalue weighted by molar-refractivity contribution is 0.0642. The van der Waals surface area contributed by atoms with Crippen LogP contribution in [0.1, 0.15) is 56.2 Å². The first-order chi connectivity index (χ1) is 17.5. The summed E-state index contributed by atoms with van der Waals surface area (Å²) in [6.07, 6.45) is 2.18. The van der Waals surface area contributed by atoms with E-state index < -0.39 is 0 Å². The molecule has 7 heteroatoms. The number of benzene rings is 3. The third-order valence-electron chi connectivity index (χ3n) is 7.17. The van der Waals surface area contributed by atoms with Crippen molar-refractivity contribution in [1.29, 1.82) is 0 Å². The van der Waals surface area contributed by atoms with Crippen molar-refractivity contribution < 1.29 is 19.1 Å². The van der Waals surface area contributed by atoms with E-state index in [2.05, 4.69) is 23.1 Å². The molecular formula is C29H29ClN2O4. The second-order valence-electron chi connectivity index (χ2n) is 9.37. The zero-order valence-electron chi connectivity index (χ0n) is 20.5. The van der Waals surface area contributed by atoms with E-state index in [4.69, 9.17) is 21.1 Å². The van der Waals surface area contributed by atoms with Crippen LogP contribution in [0.2, 0.25) is 5.02 Å². The fourth-order valence-corrected chi connectivity index (χ4v) is 5.32. The number of fused-ring (bicyclic) bond motifs is 1. The fourth-order valence-electron chi connectivity index (χ4n) is 5.15. The van der Waals surface area contributed by atoms with Gasteiger partial charge in [0.05, 0.1) is 31.9 Å². The molecule has 0 radical (unpaired) electrons. The lowest BCUT2D eigenvalue weighted by Crippen LogP contribution is -2.32. The number of hydrogen-bond donors (Lipinski definition) is 0. The molecule has 0 saturated carbocycles. The zero-order chi connectivity index (χ0) is 25.2. The number of ether oxygens (including phenoxy) is 2. The minimum absolute atomic E-state index is 0.258. The van der Waals surface area contributed by atoms with Crippen molar-refractivity contribution in [2.45, 2.75) is 31.8 Å². The normalized spacial score (nSPS) is 16.4. The largest absolute Gasteiger partial charge is 0.493 e. The van der Waals surface area contributed by atoms with Crippen molar-refractivity contribution in [3.63, 3.8) is 0 Å². The zero-order valence-corrected chi connectivity index (χ0v) is 21.3. The van der Waals surface area contributed by atoms with Crippen LogP contribution in [0.5, 0.6) is 11.5 Å². The maximum Gasteiger partial charge on any atom is 0.261 e. The van der Waals surface area contributed by atoms with Gasteiger partial charge in [0, 0.05) is 11.6 Å². The summed E-state index contributed by atoms with van der Waals surface area (Å²) in [6.45, 7) is 3.20. The molecule has 6 nitrogen and oxygen atoms in total. The van der Waals surface area contributed by atoms with Crippen LogP contribution in [0, 0.1) is 0 Å². The Balaban J connectivity index is 1.17. The van der Waals surface area contributed by atoms with Crippen LogP contribution in [-0.2, 0) is 13.1 Å². The van der Waals surface area contributed by atoms with Crippen LogP contribution in [0.15, 0.2) is 60.7 Å². The molecule has 2 aliphatic rings. The van der Waals surface area contributed by atoms with E-state index in [0.717, 1.165) is 49.5 Å². The molecule has 3 aromatic carbocycles. The highest BCUT2D eigenvalue weighted by Crippen LogP contribution is 2.32. The summed E-state index contributed by atoms with van der Waals surface area (Å²) in [5.41, 5.74) is 4.25. The van der Waals surface area contributed by atoms with Gasteiger partial charge >= 0.3 is 0 Å². The number of carbonyl (C=O) groups is 2. The van der Waals surface area contributed by atoms with Crippen molar-refractivity contribution >= 4 is 23.4 Å². The van der Waals surface area contributed by atoms with Crippen LogP contribution in [0.4, 0.5) is 0 Å². The summed E-state index contributed by atoms with van der Waals surface area (Å²) in [7, 11) is 3.31. The van der Waals surface area contributed by atoms with Gasteiger partial charge in [-0.05, 0) is 78.9 Å². The molecule has 0 spiro atoms. The van der Waals surface area contributed by atoms with Gasteiger partial charge in [-0.3, -0.25) is 19.4 Å². The highest BCUT2D eigenvalue weighted by Gasteiger charge is 2.35. The highest BCUT2D eigenvalue weighted by molar-refractivity contribution is 6.32. The highest BCUT2D eigenvalue weighted by atomic mass is 35.5. The molecular weight excluding hydrogens is 476 g/mol. The Kier molecular flexibility index (Phi) is 6.99. The summed E-state index contributed by atoms with van der Waals surface area (Å²) >= 11 is 6.01. The van der Waals surface area contributed by atoms with Crippen molar-refractivity contribution in [3.8, 4) is 11.5 Å². The van der Waals surface area contributed by atoms with Gasteiger partial charge in [-0.15, -0.1) is 0 Å². The summed E-state index contributed by atoms with van der Waals surface area (Å²) in [5.74, 6) is 1.45. The Bertz CT molecular complexity index is 1280. The predicted octanol–water partition coefficient (Wildman–Crippen LogP) is 5.53. The maximum absolute atomic E-state index is 12.7.